The number of nitrogens with one attached hydrogen (secondary N) is 1. The van der Waals surface area contributed by atoms with E-state index in [9.17, 15) is 4.79 Å². The van der Waals surface area contributed by atoms with Gasteiger partial charge in [0, 0.05) is 61.0 Å². The molecule has 2 saturated heterocycles. The van der Waals surface area contributed by atoms with Crippen LogP contribution in [-0.4, -0.2) is 66.3 Å². The molecule has 1 amide bonds. The molecule has 134 valence electrons. The summed E-state index contributed by atoms with van der Waals surface area (Å²) in [6.45, 7) is 10.5. The van der Waals surface area contributed by atoms with Gasteiger partial charge >= 0.3 is 0 Å². The molecule has 2 aliphatic rings. The highest BCUT2D eigenvalue weighted by molar-refractivity contribution is 7.99. The molecule has 0 saturated carbocycles. The molecule has 0 aromatic heterocycles. The second-order valence-electron chi connectivity index (χ2n) is 6.67. The molecule has 0 radical (unpaired) electrons. The number of amides is 1. The lowest BCUT2D eigenvalue weighted by molar-refractivity contribution is 0.0773. The van der Waals surface area contributed by atoms with Crippen molar-refractivity contribution in [2.75, 3.05) is 39.3 Å². The quantitative estimate of drug-likeness (QED) is 0.828. The Kier molecular flexibility index (Phi) is 7.41. The Balaban J connectivity index is 0.00000208. The molecule has 0 aliphatic carbocycles. The van der Waals surface area contributed by atoms with E-state index < -0.39 is 0 Å². The molecular weight excluding hydrogens is 342 g/mol. The summed E-state index contributed by atoms with van der Waals surface area (Å²) >= 11 is 1.83. The van der Waals surface area contributed by atoms with Crippen LogP contribution in [0.15, 0.2) is 29.2 Å². The molecule has 1 unspecified atom stereocenters. The molecule has 1 N–H and O–H groups in total. The van der Waals surface area contributed by atoms with E-state index in [0.29, 0.717) is 11.3 Å². The van der Waals surface area contributed by atoms with E-state index in [1.165, 1.54) is 4.90 Å². The molecule has 4 nitrogen and oxygen atoms in total. The first-order valence-corrected chi connectivity index (χ1v) is 9.52. The smallest absolute Gasteiger partial charge is 0.253 e. The Morgan fingerprint density at radius 2 is 1.83 bits per heavy atom. The fourth-order valence-electron chi connectivity index (χ4n) is 3.40. The molecule has 1 aromatic carbocycles. The monoisotopic (exact) mass is 369 g/mol. The molecule has 1 atom stereocenters. The van der Waals surface area contributed by atoms with Gasteiger partial charge in [0.2, 0.25) is 0 Å². The highest BCUT2D eigenvalue weighted by Crippen LogP contribution is 2.24. The van der Waals surface area contributed by atoms with E-state index in [1.807, 2.05) is 28.8 Å². The zero-order chi connectivity index (χ0) is 16.2. The molecule has 0 bridgehead atoms. The summed E-state index contributed by atoms with van der Waals surface area (Å²) in [6, 6.07) is 8.64. The van der Waals surface area contributed by atoms with Gasteiger partial charge in [-0.1, -0.05) is 13.8 Å². The van der Waals surface area contributed by atoms with Crippen molar-refractivity contribution < 1.29 is 4.79 Å². The van der Waals surface area contributed by atoms with E-state index in [0.717, 1.165) is 51.3 Å². The minimum Gasteiger partial charge on any atom is -0.337 e. The van der Waals surface area contributed by atoms with Crippen molar-refractivity contribution in [2.45, 2.75) is 36.5 Å². The number of piperazine rings is 1. The highest BCUT2D eigenvalue weighted by Gasteiger charge is 2.31. The summed E-state index contributed by atoms with van der Waals surface area (Å²) in [6.07, 6.45) is 1.10. The molecular formula is C18H28ClN3OS. The largest absolute Gasteiger partial charge is 0.337 e. The third kappa shape index (κ3) is 4.88. The first kappa shape index (κ1) is 19.6. The summed E-state index contributed by atoms with van der Waals surface area (Å²) in [5, 5.41) is 3.96. The van der Waals surface area contributed by atoms with Gasteiger partial charge in [-0.05, 0) is 30.7 Å². The van der Waals surface area contributed by atoms with Crippen LogP contribution in [-0.2, 0) is 0 Å². The third-order valence-electron chi connectivity index (χ3n) is 4.59. The number of thioether (sulfide) groups is 1. The highest BCUT2D eigenvalue weighted by atomic mass is 35.5. The summed E-state index contributed by atoms with van der Waals surface area (Å²) in [7, 11) is 0. The number of carbonyl (C=O) groups is 1. The van der Waals surface area contributed by atoms with Gasteiger partial charge < -0.3 is 10.2 Å². The number of likely N-dealkylation sites (tertiary alicyclic amines) is 1. The minimum atomic E-state index is 0. The van der Waals surface area contributed by atoms with Crippen LogP contribution in [0.25, 0.3) is 0 Å². The van der Waals surface area contributed by atoms with Crippen LogP contribution < -0.4 is 5.32 Å². The van der Waals surface area contributed by atoms with Gasteiger partial charge in [-0.3, -0.25) is 9.69 Å². The molecule has 2 fully saturated rings. The number of halogens is 1. The Hall–Kier alpha value is -0.750. The zero-order valence-electron chi connectivity index (χ0n) is 14.5. The lowest BCUT2D eigenvalue weighted by Crippen LogP contribution is -2.49. The third-order valence-corrected chi connectivity index (χ3v) is 5.61. The molecule has 1 aromatic rings. The molecule has 2 heterocycles. The number of hydrogen-bond acceptors (Lipinski definition) is 4. The van der Waals surface area contributed by atoms with Gasteiger partial charge in [0.15, 0.2) is 0 Å². The molecule has 0 spiro atoms. The maximum atomic E-state index is 12.7. The standard InChI is InChI=1S/C18H27N3OS.ClH/c1-14(2)23-17-5-3-15(4-6-17)18(22)21-10-7-16(13-21)20-11-8-19-9-12-20;/h3-6,14,16,19H,7-13H2,1-2H3;1H. The van der Waals surface area contributed by atoms with Crippen LogP contribution in [0.1, 0.15) is 30.6 Å². The van der Waals surface area contributed by atoms with Crippen LogP contribution >= 0.6 is 24.2 Å². The Morgan fingerprint density at radius 3 is 2.46 bits per heavy atom. The lowest BCUT2D eigenvalue weighted by atomic mass is 10.2. The predicted octanol–water partition coefficient (Wildman–Crippen LogP) is 2.73. The maximum Gasteiger partial charge on any atom is 0.253 e. The van der Waals surface area contributed by atoms with E-state index >= 15 is 0 Å². The number of benzene rings is 1. The van der Waals surface area contributed by atoms with Gasteiger partial charge in [-0.15, -0.1) is 24.2 Å². The van der Waals surface area contributed by atoms with Crippen molar-refractivity contribution in [1.82, 2.24) is 15.1 Å². The predicted molar refractivity (Wildman–Crippen MR) is 103 cm³/mol. The van der Waals surface area contributed by atoms with Crippen molar-refractivity contribution in [2.24, 2.45) is 0 Å². The normalized spacial score (nSPS) is 21.8. The average molecular weight is 370 g/mol. The lowest BCUT2D eigenvalue weighted by Gasteiger charge is -2.32. The molecule has 3 rings (SSSR count). The topological polar surface area (TPSA) is 35.6 Å². The van der Waals surface area contributed by atoms with E-state index in [-0.39, 0.29) is 18.3 Å². The van der Waals surface area contributed by atoms with Crippen LogP contribution in [0.2, 0.25) is 0 Å². The van der Waals surface area contributed by atoms with Crippen molar-refractivity contribution in [3.63, 3.8) is 0 Å². The number of hydrogen-bond donors (Lipinski definition) is 1. The summed E-state index contributed by atoms with van der Waals surface area (Å²) < 4.78 is 0. The second kappa shape index (κ2) is 9.09. The Labute approximate surface area is 155 Å². The van der Waals surface area contributed by atoms with Gasteiger partial charge in [-0.2, -0.15) is 0 Å². The van der Waals surface area contributed by atoms with Crippen molar-refractivity contribution >= 4 is 30.1 Å². The molecule has 24 heavy (non-hydrogen) atoms. The van der Waals surface area contributed by atoms with Crippen molar-refractivity contribution in [3.8, 4) is 0 Å². The summed E-state index contributed by atoms with van der Waals surface area (Å²) in [5.74, 6) is 0.184. The summed E-state index contributed by atoms with van der Waals surface area (Å²) in [4.78, 5) is 18.5. The van der Waals surface area contributed by atoms with Gasteiger partial charge in [-0.25, -0.2) is 0 Å². The van der Waals surface area contributed by atoms with E-state index in [4.69, 9.17) is 0 Å². The van der Waals surface area contributed by atoms with Gasteiger partial charge in [0.25, 0.3) is 5.91 Å². The maximum absolute atomic E-state index is 12.7. The van der Waals surface area contributed by atoms with E-state index in [1.54, 1.807) is 0 Å². The number of rotatable bonds is 4. The van der Waals surface area contributed by atoms with Crippen LogP contribution in [0.4, 0.5) is 0 Å². The number of nitrogens with zero attached hydrogens (tertiary/aromatic N) is 2. The molecule has 6 heteroatoms. The Morgan fingerprint density at radius 1 is 1.17 bits per heavy atom. The fraction of sp³-hybridized carbons (Fsp3) is 0.611. The van der Waals surface area contributed by atoms with Gasteiger partial charge in [0.05, 0.1) is 0 Å². The summed E-state index contributed by atoms with van der Waals surface area (Å²) in [5.41, 5.74) is 0.819. The van der Waals surface area contributed by atoms with Crippen molar-refractivity contribution in [3.05, 3.63) is 29.8 Å². The van der Waals surface area contributed by atoms with E-state index in [2.05, 4.69) is 36.2 Å². The average Bonchev–Trinajstić information content (AvgIpc) is 3.05. The first-order chi connectivity index (χ1) is 11.1. The molecule has 2 aliphatic heterocycles. The minimum absolute atomic E-state index is 0. The fourth-order valence-corrected chi connectivity index (χ4v) is 4.24. The zero-order valence-corrected chi connectivity index (χ0v) is 16.2. The second-order valence-corrected chi connectivity index (χ2v) is 8.32. The number of carbonyl (C=O) groups excluding carboxylic acids is 1. The Bertz CT molecular complexity index is 532. The van der Waals surface area contributed by atoms with Crippen molar-refractivity contribution in [1.29, 1.82) is 0 Å². The van der Waals surface area contributed by atoms with Crippen LogP contribution in [0.5, 0.6) is 0 Å². The van der Waals surface area contributed by atoms with Crippen LogP contribution in [0.3, 0.4) is 0 Å². The van der Waals surface area contributed by atoms with Crippen LogP contribution in [0, 0.1) is 0 Å². The van der Waals surface area contributed by atoms with Gasteiger partial charge in [0.1, 0.15) is 0 Å². The first-order valence-electron chi connectivity index (χ1n) is 8.64. The SMILES string of the molecule is CC(C)Sc1ccc(C(=O)N2CCC(N3CCNCC3)C2)cc1.Cl.